The van der Waals surface area contributed by atoms with Crippen molar-refractivity contribution in [3.05, 3.63) is 16.3 Å². The van der Waals surface area contributed by atoms with Gasteiger partial charge in [-0.05, 0) is 31.7 Å². The number of rotatable bonds is 3. The molecule has 0 amide bonds. The summed E-state index contributed by atoms with van der Waals surface area (Å²) >= 11 is 1.87. The smallest absolute Gasteiger partial charge is 0.141 e. The van der Waals surface area contributed by atoms with Crippen LogP contribution in [0.15, 0.2) is 0 Å². The van der Waals surface area contributed by atoms with Crippen molar-refractivity contribution in [3.8, 4) is 0 Å². The van der Waals surface area contributed by atoms with Crippen LogP contribution in [0, 0.1) is 6.92 Å². The molecule has 0 unspecified atom stereocenters. The molecule has 3 heterocycles. The minimum absolute atomic E-state index is 0.282. The predicted octanol–water partition coefficient (Wildman–Crippen LogP) is 0.186. The number of thiophene rings is 1. The molecule has 2 aliphatic rings. The van der Waals surface area contributed by atoms with Crippen LogP contribution in [-0.2, 0) is 12.8 Å². The van der Waals surface area contributed by atoms with Crippen LogP contribution in [0.2, 0.25) is 0 Å². The second-order valence-corrected chi connectivity index (χ2v) is 7.43. The molecule has 0 radical (unpaired) electrons. The SMILES string of the molecule is Cc1nc(N2CC[NH+](CCO)CC2)c2c3c(sc2n1)CCC3. The lowest BCUT2D eigenvalue weighted by atomic mass is 10.1. The molecule has 2 aromatic heterocycles. The zero-order chi connectivity index (χ0) is 15.1. The Hall–Kier alpha value is -1.24. The lowest BCUT2D eigenvalue weighted by molar-refractivity contribution is -0.900. The standard InChI is InChI=1S/C16H22N4OS/c1-11-17-15(20-7-5-19(6-8-20)9-10-21)14-12-3-2-4-13(12)22-16(14)18-11/h21H,2-10H2,1H3/p+1. The van der Waals surface area contributed by atoms with Gasteiger partial charge in [-0.1, -0.05) is 0 Å². The maximum atomic E-state index is 9.10. The Kier molecular flexibility index (Phi) is 3.76. The Morgan fingerprint density at radius 1 is 1.23 bits per heavy atom. The molecule has 1 fully saturated rings. The summed E-state index contributed by atoms with van der Waals surface area (Å²) in [6, 6.07) is 0. The third-order valence-corrected chi connectivity index (χ3v) is 6.08. The number of aryl methyl sites for hydroxylation is 3. The summed E-state index contributed by atoms with van der Waals surface area (Å²) in [5.74, 6) is 2.04. The van der Waals surface area contributed by atoms with E-state index in [-0.39, 0.29) is 6.61 Å². The molecule has 1 aliphatic heterocycles. The zero-order valence-corrected chi connectivity index (χ0v) is 13.9. The zero-order valence-electron chi connectivity index (χ0n) is 13.1. The van der Waals surface area contributed by atoms with Crippen LogP contribution in [0.4, 0.5) is 5.82 Å². The summed E-state index contributed by atoms with van der Waals surface area (Å²) in [7, 11) is 0. The van der Waals surface area contributed by atoms with Crippen molar-refractivity contribution in [2.24, 2.45) is 0 Å². The van der Waals surface area contributed by atoms with Gasteiger partial charge in [-0.3, -0.25) is 0 Å². The van der Waals surface area contributed by atoms with Gasteiger partial charge in [0.05, 0.1) is 38.2 Å². The molecule has 118 valence electrons. The summed E-state index contributed by atoms with van der Waals surface area (Å²) in [5.41, 5.74) is 1.51. The summed E-state index contributed by atoms with van der Waals surface area (Å²) in [6.07, 6.45) is 3.67. The molecule has 5 nitrogen and oxygen atoms in total. The number of nitrogens with one attached hydrogen (secondary N) is 1. The molecular weight excluding hydrogens is 296 g/mol. The van der Waals surface area contributed by atoms with Crippen molar-refractivity contribution >= 4 is 27.4 Å². The predicted molar refractivity (Wildman–Crippen MR) is 89.0 cm³/mol. The quantitative estimate of drug-likeness (QED) is 0.848. The van der Waals surface area contributed by atoms with Gasteiger partial charge in [0, 0.05) is 4.88 Å². The van der Waals surface area contributed by atoms with E-state index in [1.165, 1.54) is 44.8 Å². The van der Waals surface area contributed by atoms with Crippen molar-refractivity contribution in [1.82, 2.24) is 9.97 Å². The number of fused-ring (bicyclic) bond motifs is 3. The summed E-state index contributed by atoms with van der Waals surface area (Å²) < 4.78 is 0. The monoisotopic (exact) mass is 319 g/mol. The number of aromatic nitrogens is 2. The number of nitrogens with zero attached hydrogens (tertiary/aromatic N) is 3. The lowest BCUT2D eigenvalue weighted by Crippen LogP contribution is -3.15. The van der Waals surface area contributed by atoms with Crippen LogP contribution in [-0.4, -0.2) is 54.4 Å². The third-order valence-electron chi connectivity index (χ3n) is 4.89. The van der Waals surface area contributed by atoms with Crippen LogP contribution >= 0.6 is 11.3 Å². The fraction of sp³-hybridized carbons (Fsp3) is 0.625. The Morgan fingerprint density at radius 3 is 2.82 bits per heavy atom. The number of anilines is 1. The Labute approximate surface area is 134 Å². The van der Waals surface area contributed by atoms with Gasteiger partial charge in [-0.15, -0.1) is 11.3 Å². The number of quaternary nitrogens is 1. The maximum Gasteiger partial charge on any atom is 0.141 e. The molecule has 1 saturated heterocycles. The van der Waals surface area contributed by atoms with Gasteiger partial charge in [0.15, 0.2) is 0 Å². The molecule has 0 bridgehead atoms. The van der Waals surface area contributed by atoms with Gasteiger partial charge in [-0.25, -0.2) is 9.97 Å². The highest BCUT2D eigenvalue weighted by molar-refractivity contribution is 7.19. The van der Waals surface area contributed by atoms with Gasteiger partial charge >= 0.3 is 0 Å². The van der Waals surface area contributed by atoms with Crippen molar-refractivity contribution in [2.75, 3.05) is 44.2 Å². The second kappa shape index (κ2) is 5.76. The lowest BCUT2D eigenvalue weighted by Gasteiger charge is -2.33. The summed E-state index contributed by atoms with van der Waals surface area (Å²) in [6.45, 7) is 7.34. The number of piperazine rings is 1. The van der Waals surface area contributed by atoms with Gasteiger partial charge in [0.2, 0.25) is 0 Å². The van der Waals surface area contributed by atoms with Crippen LogP contribution in [0.3, 0.4) is 0 Å². The van der Waals surface area contributed by atoms with E-state index in [0.717, 1.165) is 44.4 Å². The minimum Gasteiger partial charge on any atom is -0.391 e. The molecule has 0 aromatic carbocycles. The van der Waals surface area contributed by atoms with E-state index in [1.54, 1.807) is 0 Å². The van der Waals surface area contributed by atoms with E-state index in [1.807, 2.05) is 18.3 Å². The molecule has 1 aliphatic carbocycles. The first kappa shape index (κ1) is 14.4. The van der Waals surface area contributed by atoms with Crippen LogP contribution in [0.5, 0.6) is 0 Å². The van der Waals surface area contributed by atoms with Gasteiger partial charge in [0.1, 0.15) is 23.0 Å². The molecule has 0 saturated carbocycles. The average molecular weight is 319 g/mol. The average Bonchev–Trinajstić information content (AvgIpc) is 3.08. The maximum absolute atomic E-state index is 9.10. The van der Waals surface area contributed by atoms with E-state index in [9.17, 15) is 0 Å². The number of hydrogen-bond donors (Lipinski definition) is 2. The highest BCUT2D eigenvalue weighted by atomic mass is 32.1. The largest absolute Gasteiger partial charge is 0.391 e. The van der Waals surface area contributed by atoms with E-state index < -0.39 is 0 Å². The molecule has 4 rings (SSSR count). The van der Waals surface area contributed by atoms with E-state index >= 15 is 0 Å². The summed E-state index contributed by atoms with van der Waals surface area (Å²) in [5, 5.41) is 10.4. The number of hydrogen-bond acceptors (Lipinski definition) is 5. The van der Waals surface area contributed by atoms with E-state index in [0.29, 0.717) is 0 Å². The van der Waals surface area contributed by atoms with E-state index in [2.05, 4.69) is 9.88 Å². The number of aliphatic hydroxyl groups excluding tert-OH is 1. The van der Waals surface area contributed by atoms with Crippen molar-refractivity contribution in [2.45, 2.75) is 26.2 Å². The fourth-order valence-electron chi connectivity index (χ4n) is 3.75. The van der Waals surface area contributed by atoms with Gasteiger partial charge < -0.3 is 14.9 Å². The Bertz CT molecular complexity index is 691. The first-order valence-electron chi connectivity index (χ1n) is 8.24. The molecule has 22 heavy (non-hydrogen) atoms. The minimum atomic E-state index is 0.282. The number of aliphatic hydroxyl groups is 1. The topological polar surface area (TPSA) is 53.7 Å². The first-order chi connectivity index (χ1) is 10.8. The molecule has 0 atom stereocenters. The molecular formula is C16H23N4OS+. The van der Waals surface area contributed by atoms with Crippen molar-refractivity contribution in [3.63, 3.8) is 0 Å². The molecule has 2 aromatic rings. The second-order valence-electron chi connectivity index (χ2n) is 6.34. The first-order valence-corrected chi connectivity index (χ1v) is 9.06. The Balaban J connectivity index is 1.69. The van der Waals surface area contributed by atoms with E-state index in [4.69, 9.17) is 10.1 Å². The molecule has 0 spiro atoms. The third kappa shape index (κ3) is 2.39. The van der Waals surface area contributed by atoms with Crippen LogP contribution in [0.25, 0.3) is 10.2 Å². The van der Waals surface area contributed by atoms with Gasteiger partial charge in [0.25, 0.3) is 0 Å². The van der Waals surface area contributed by atoms with Gasteiger partial charge in [-0.2, -0.15) is 0 Å². The highest BCUT2D eigenvalue weighted by Crippen LogP contribution is 2.40. The van der Waals surface area contributed by atoms with Crippen molar-refractivity contribution < 1.29 is 10.0 Å². The normalized spacial score (nSPS) is 19.1. The van der Waals surface area contributed by atoms with Crippen LogP contribution < -0.4 is 9.80 Å². The molecule has 2 N–H and O–H groups in total. The summed E-state index contributed by atoms with van der Waals surface area (Å²) in [4.78, 5) is 16.1. The van der Waals surface area contributed by atoms with Crippen LogP contribution in [0.1, 0.15) is 22.7 Å². The fourth-order valence-corrected chi connectivity index (χ4v) is 5.05. The molecule has 6 heteroatoms. The Morgan fingerprint density at radius 2 is 2.05 bits per heavy atom. The van der Waals surface area contributed by atoms with Crippen molar-refractivity contribution in [1.29, 1.82) is 0 Å². The highest BCUT2D eigenvalue weighted by Gasteiger charge is 2.27.